The fourth-order valence-corrected chi connectivity index (χ4v) is 3.25. The standard InChI is InChI=1S/C19H21FN2O3S/c1-4-19(5-2)21-18(13-6-8-14(20)9-7-13)16-11-10-15(12-17(16)25-19)22-26(23)24-3/h6-12,26H,4-5H2,1-3H3. The molecular formula is C19H21FN2O3S. The van der Waals surface area contributed by atoms with Crippen molar-refractivity contribution < 1.29 is 17.5 Å². The monoisotopic (exact) mass is 376 g/mol. The lowest BCUT2D eigenvalue weighted by atomic mass is 9.96. The molecule has 0 bridgehead atoms. The third-order valence-corrected chi connectivity index (χ3v) is 5.12. The Morgan fingerprint density at radius 2 is 1.88 bits per heavy atom. The fraction of sp³-hybridized carbons (Fsp3) is 0.316. The summed E-state index contributed by atoms with van der Waals surface area (Å²) in [5, 5.41) is 0. The van der Waals surface area contributed by atoms with Crippen LogP contribution in [0.3, 0.4) is 0 Å². The zero-order valence-electron chi connectivity index (χ0n) is 14.9. The van der Waals surface area contributed by atoms with Gasteiger partial charge in [0.15, 0.2) is 16.6 Å². The number of halogens is 1. The van der Waals surface area contributed by atoms with E-state index in [2.05, 4.69) is 4.36 Å². The van der Waals surface area contributed by atoms with Crippen molar-refractivity contribution >= 4 is 22.3 Å². The minimum absolute atomic E-state index is 0.295. The maximum Gasteiger partial charge on any atom is 0.200 e. The van der Waals surface area contributed by atoms with Gasteiger partial charge < -0.3 is 4.74 Å². The van der Waals surface area contributed by atoms with Crippen LogP contribution in [-0.4, -0.2) is 22.8 Å². The maximum atomic E-state index is 13.3. The van der Waals surface area contributed by atoms with Gasteiger partial charge in [-0.2, -0.15) is 4.36 Å². The number of rotatable bonds is 5. The predicted molar refractivity (Wildman–Crippen MR) is 101 cm³/mol. The van der Waals surface area contributed by atoms with Crippen LogP contribution in [-0.2, 0) is 15.1 Å². The Morgan fingerprint density at radius 1 is 1.19 bits per heavy atom. The van der Waals surface area contributed by atoms with Gasteiger partial charge in [0.25, 0.3) is 0 Å². The molecule has 0 radical (unpaired) electrons. The highest BCUT2D eigenvalue weighted by Crippen LogP contribution is 2.38. The smallest absolute Gasteiger partial charge is 0.200 e. The molecule has 0 spiro atoms. The summed E-state index contributed by atoms with van der Waals surface area (Å²) in [5.41, 5.74) is 2.17. The van der Waals surface area contributed by atoms with E-state index in [-0.39, 0.29) is 5.82 Å². The van der Waals surface area contributed by atoms with Gasteiger partial charge in [0, 0.05) is 30.0 Å². The largest absolute Gasteiger partial charge is 0.465 e. The summed E-state index contributed by atoms with van der Waals surface area (Å²) >= 11 is 0. The van der Waals surface area contributed by atoms with Crippen LogP contribution in [0.4, 0.5) is 10.1 Å². The minimum Gasteiger partial charge on any atom is -0.465 e. The molecule has 0 fully saturated rings. The second-order valence-electron chi connectivity index (χ2n) is 5.92. The Hall–Kier alpha value is -2.25. The maximum absolute atomic E-state index is 13.3. The fourth-order valence-electron chi connectivity index (χ4n) is 2.86. The Bertz CT molecular complexity index is 915. The van der Waals surface area contributed by atoms with Gasteiger partial charge in [-0.05, 0) is 36.4 Å². The molecule has 2 aromatic rings. The molecule has 0 amide bonds. The summed E-state index contributed by atoms with van der Waals surface area (Å²) in [6.45, 7) is 4.02. The quantitative estimate of drug-likeness (QED) is 0.786. The molecule has 3 rings (SSSR count). The van der Waals surface area contributed by atoms with Gasteiger partial charge in [-0.3, -0.25) is 4.18 Å². The van der Waals surface area contributed by atoms with Crippen molar-refractivity contribution in [1.29, 1.82) is 0 Å². The van der Waals surface area contributed by atoms with E-state index < -0.39 is 16.6 Å². The van der Waals surface area contributed by atoms with Gasteiger partial charge in [0.1, 0.15) is 11.6 Å². The molecule has 138 valence electrons. The third kappa shape index (κ3) is 3.64. The molecule has 1 aliphatic heterocycles. The molecule has 26 heavy (non-hydrogen) atoms. The van der Waals surface area contributed by atoms with Crippen molar-refractivity contribution in [1.82, 2.24) is 0 Å². The van der Waals surface area contributed by atoms with Crippen molar-refractivity contribution in [3.8, 4) is 5.75 Å². The molecule has 0 saturated carbocycles. The van der Waals surface area contributed by atoms with E-state index >= 15 is 0 Å². The van der Waals surface area contributed by atoms with E-state index in [1.165, 1.54) is 19.2 Å². The van der Waals surface area contributed by atoms with E-state index in [1.807, 2.05) is 19.9 Å². The van der Waals surface area contributed by atoms with Crippen molar-refractivity contribution in [2.24, 2.45) is 9.36 Å². The average Bonchev–Trinajstić information content (AvgIpc) is 2.67. The molecular weight excluding hydrogens is 355 g/mol. The highest BCUT2D eigenvalue weighted by atomic mass is 32.2. The molecule has 1 atom stereocenters. The first-order chi connectivity index (χ1) is 12.5. The van der Waals surface area contributed by atoms with Crippen molar-refractivity contribution in [3.05, 3.63) is 59.4 Å². The molecule has 0 N–H and O–H groups in total. The second-order valence-corrected chi connectivity index (χ2v) is 6.96. The van der Waals surface area contributed by atoms with Crippen molar-refractivity contribution in [2.45, 2.75) is 32.4 Å². The van der Waals surface area contributed by atoms with Gasteiger partial charge in [-0.1, -0.05) is 13.8 Å². The molecule has 5 nitrogen and oxygen atoms in total. The Labute approximate surface area is 154 Å². The molecule has 1 aliphatic rings. The summed E-state index contributed by atoms with van der Waals surface area (Å²) < 4.78 is 39.8. The van der Waals surface area contributed by atoms with Crippen molar-refractivity contribution in [2.75, 3.05) is 7.11 Å². The molecule has 0 aromatic heterocycles. The first-order valence-electron chi connectivity index (χ1n) is 8.42. The van der Waals surface area contributed by atoms with Crippen LogP contribution in [0.2, 0.25) is 0 Å². The number of hydrogen-bond acceptors (Lipinski definition) is 5. The second kappa shape index (κ2) is 7.55. The lowest BCUT2D eigenvalue weighted by molar-refractivity contribution is 0.0660. The molecule has 7 heteroatoms. The van der Waals surface area contributed by atoms with Crippen LogP contribution >= 0.6 is 0 Å². The summed E-state index contributed by atoms with van der Waals surface area (Å²) in [6.07, 6.45) is 1.36. The van der Waals surface area contributed by atoms with Crippen LogP contribution in [0.15, 0.2) is 51.8 Å². The summed E-state index contributed by atoms with van der Waals surface area (Å²) in [4.78, 5) is 4.86. The number of thiol groups is 1. The van der Waals surface area contributed by atoms with Gasteiger partial charge in [-0.25, -0.2) is 13.6 Å². The van der Waals surface area contributed by atoms with E-state index in [9.17, 15) is 8.60 Å². The van der Waals surface area contributed by atoms with Crippen LogP contribution in [0.25, 0.3) is 0 Å². The topological polar surface area (TPSA) is 60.2 Å². The number of aliphatic imine (C=N–C) groups is 1. The lowest BCUT2D eigenvalue weighted by Crippen LogP contribution is -2.37. The van der Waals surface area contributed by atoms with Gasteiger partial charge in [0.05, 0.1) is 18.5 Å². The van der Waals surface area contributed by atoms with Gasteiger partial charge >= 0.3 is 0 Å². The number of nitrogens with zero attached hydrogens (tertiary/aromatic N) is 2. The Morgan fingerprint density at radius 3 is 2.50 bits per heavy atom. The van der Waals surface area contributed by atoms with Gasteiger partial charge in [-0.15, -0.1) is 0 Å². The predicted octanol–water partition coefficient (Wildman–Crippen LogP) is 4.43. The summed E-state index contributed by atoms with van der Waals surface area (Å²) in [7, 11) is -0.767. The van der Waals surface area contributed by atoms with E-state index in [1.54, 1.807) is 24.3 Å². The Kier molecular flexibility index (Phi) is 5.38. The van der Waals surface area contributed by atoms with Crippen molar-refractivity contribution in [3.63, 3.8) is 0 Å². The Balaban J connectivity index is 2.15. The molecule has 1 heterocycles. The van der Waals surface area contributed by atoms with Crippen LogP contribution in [0.1, 0.15) is 37.8 Å². The summed E-state index contributed by atoms with van der Waals surface area (Å²) in [6, 6.07) is 11.5. The normalized spacial score (nSPS) is 16.5. The third-order valence-electron chi connectivity index (χ3n) is 4.41. The highest BCUT2D eigenvalue weighted by Gasteiger charge is 2.34. The molecule has 0 aliphatic carbocycles. The van der Waals surface area contributed by atoms with E-state index in [4.69, 9.17) is 13.9 Å². The number of hydrogen-bond donors (Lipinski definition) is 1. The van der Waals surface area contributed by atoms with Crippen LogP contribution < -0.4 is 4.74 Å². The zero-order chi connectivity index (χ0) is 18.7. The van der Waals surface area contributed by atoms with Crippen LogP contribution in [0, 0.1) is 5.82 Å². The SMILES string of the molecule is CCC1(CC)N=C(c2ccc(F)cc2)c2ccc(N=[SH](=O)OC)cc2O1. The first kappa shape index (κ1) is 18.5. The minimum atomic E-state index is -2.11. The lowest BCUT2D eigenvalue weighted by Gasteiger charge is -2.35. The zero-order valence-corrected chi connectivity index (χ0v) is 15.8. The van der Waals surface area contributed by atoms with Gasteiger partial charge in [0.2, 0.25) is 0 Å². The molecule has 2 aromatic carbocycles. The number of benzene rings is 2. The van der Waals surface area contributed by atoms with Crippen LogP contribution in [0.5, 0.6) is 5.75 Å². The average molecular weight is 376 g/mol. The molecule has 1 unspecified atom stereocenters. The van der Waals surface area contributed by atoms with E-state index in [0.29, 0.717) is 24.3 Å². The number of ether oxygens (including phenoxy) is 1. The number of fused-ring (bicyclic) bond motifs is 1. The first-order valence-corrected chi connectivity index (χ1v) is 9.55. The highest BCUT2D eigenvalue weighted by molar-refractivity contribution is 7.69. The molecule has 0 saturated heterocycles. The van der Waals surface area contributed by atoms with E-state index in [0.717, 1.165) is 16.8 Å². The summed E-state index contributed by atoms with van der Waals surface area (Å²) in [5.74, 6) is 0.320.